The van der Waals surface area contributed by atoms with Gasteiger partial charge in [-0.05, 0) is 68.5 Å². The summed E-state index contributed by atoms with van der Waals surface area (Å²) in [6.07, 6.45) is 0.530. The van der Waals surface area contributed by atoms with Gasteiger partial charge in [0.2, 0.25) is 10.0 Å². The molecule has 1 aliphatic rings. The molecule has 1 amide bonds. The summed E-state index contributed by atoms with van der Waals surface area (Å²) in [5, 5.41) is 6.10. The number of amides is 1. The van der Waals surface area contributed by atoms with Crippen LogP contribution in [0.25, 0.3) is 11.3 Å². The molecule has 2 N–H and O–H groups in total. The standard InChI is InChI=1S/C28H31FN4O3S/c1-4-18-37(35,36)33(17-16-32(2)3)23-13-11-22(12-14-23)30-27(20-8-6-5-7-9-20)26-24-15-10-21(29)19-25(24)31-28(26)34/h5-15,19,30H,4,16-18H2,1-3H3,(H,31,34)/b27-26-. The monoisotopic (exact) mass is 522 g/mol. The van der Waals surface area contributed by atoms with Crippen molar-refractivity contribution in [3.05, 3.63) is 89.7 Å². The molecule has 0 unspecified atom stereocenters. The van der Waals surface area contributed by atoms with Gasteiger partial charge in [0, 0.05) is 24.3 Å². The predicted octanol–water partition coefficient (Wildman–Crippen LogP) is 4.87. The highest BCUT2D eigenvalue weighted by Gasteiger charge is 2.29. The van der Waals surface area contributed by atoms with E-state index in [9.17, 15) is 17.6 Å². The van der Waals surface area contributed by atoms with Crippen LogP contribution in [0.1, 0.15) is 24.5 Å². The van der Waals surface area contributed by atoms with E-state index in [1.54, 1.807) is 30.3 Å². The molecule has 7 nitrogen and oxygen atoms in total. The highest BCUT2D eigenvalue weighted by molar-refractivity contribution is 7.92. The van der Waals surface area contributed by atoms with E-state index < -0.39 is 15.8 Å². The van der Waals surface area contributed by atoms with Crippen LogP contribution in [0.2, 0.25) is 0 Å². The zero-order valence-electron chi connectivity index (χ0n) is 21.2. The van der Waals surface area contributed by atoms with E-state index in [1.165, 1.54) is 16.4 Å². The fourth-order valence-electron chi connectivity index (χ4n) is 4.22. The number of nitrogens with zero attached hydrogens (tertiary/aromatic N) is 2. The number of carbonyl (C=O) groups excluding carboxylic acids is 1. The second-order valence-corrected chi connectivity index (χ2v) is 11.1. The Labute approximate surface area is 217 Å². The molecule has 0 atom stereocenters. The van der Waals surface area contributed by atoms with E-state index in [0.29, 0.717) is 53.4 Å². The Morgan fingerprint density at radius 1 is 0.973 bits per heavy atom. The van der Waals surface area contributed by atoms with E-state index >= 15 is 0 Å². The first-order valence-electron chi connectivity index (χ1n) is 12.1. The molecular weight excluding hydrogens is 491 g/mol. The summed E-state index contributed by atoms with van der Waals surface area (Å²) in [6, 6.07) is 20.7. The fourth-order valence-corrected chi connectivity index (χ4v) is 5.76. The van der Waals surface area contributed by atoms with Crippen LogP contribution in [0.15, 0.2) is 72.8 Å². The van der Waals surface area contributed by atoms with Crippen molar-refractivity contribution >= 4 is 44.3 Å². The topological polar surface area (TPSA) is 81.8 Å². The Morgan fingerprint density at radius 3 is 2.32 bits per heavy atom. The predicted molar refractivity (Wildman–Crippen MR) is 148 cm³/mol. The number of benzene rings is 3. The molecule has 9 heteroatoms. The third-order valence-corrected chi connectivity index (χ3v) is 8.00. The molecule has 4 rings (SSSR count). The summed E-state index contributed by atoms with van der Waals surface area (Å²) in [5.74, 6) is -0.689. The molecule has 0 bridgehead atoms. The first-order chi connectivity index (χ1) is 17.7. The van der Waals surface area contributed by atoms with Crippen LogP contribution >= 0.6 is 0 Å². The highest BCUT2D eigenvalue weighted by atomic mass is 32.2. The summed E-state index contributed by atoms with van der Waals surface area (Å²) in [6.45, 7) is 2.77. The van der Waals surface area contributed by atoms with Gasteiger partial charge in [0.15, 0.2) is 0 Å². The Bertz CT molecular complexity index is 1410. The summed E-state index contributed by atoms with van der Waals surface area (Å²) in [7, 11) is 0.345. The summed E-state index contributed by atoms with van der Waals surface area (Å²) >= 11 is 0. The van der Waals surface area contributed by atoms with Crippen LogP contribution in [-0.2, 0) is 14.8 Å². The van der Waals surface area contributed by atoms with Gasteiger partial charge in [0.1, 0.15) is 5.82 Å². The van der Waals surface area contributed by atoms with Crippen LogP contribution in [0.4, 0.5) is 21.5 Å². The van der Waals surface area contributed by atoms with Crippen molar-refractivity contribution in [2.45, 2.75) is 13.3 Å². The molecule has 37 heavy (non-hydrogen) atoms. The van der Waals surface area contributed by atoms with Crippen LogP contribution in [0, 0.1) is 5.82 Å². The quantitative estimate of drug-likeness (QED) is 0.372. The van der Waals surface area contributed by atoms with Gasteiger partial charge in [-0.1, -0.05) is 37.3 Å². The minimum atomic E-state index is -3.46. The lowest BCUT2D eigenvalue weighted by Gasteiger charge is -2.26. The molecule has 1 aliphatic heterocycles. The normalized spacial score (nSPS) is 14.4. The molecule has 0 saturated carbocycles. The smallest absolute Gasteiger partial charge is 0.258 e. The second kappa shape index (κ2) is 11.1. The molecule has 0 radical (unpaired) electrons. The minimum Gasteiger partial charge on any atom is -0.354 e. The van der Waals surface area contributed by atoms with Gasteiger partial charge in [0.25, 0.3) is 5.91 Å². The molecule has 1 heterocycles. The van der Waals surface area contributed by atoms with Crippen LogP contribution in [-0.4, -0.2) is 52.2 Å². The number of sulfonamides is 1. The Kier molecular flexibility index (Phi) is 7.94. The first-order valence-corrected chi connectivity index (χ1v) is 13.7. The van der Waals surface area contributed by atoms with Crippen molar-refractivity contribution in [3.63, 3.8) is 0 Å². The summed E-state index contributed by atoms with van der Waals surface area (Å²) in [4.78, 5) is 14.9. The van der Waals surface area contributed by atoms with Gasteiger partial charge in [-0.15, -0.1) is 0 Å². The maximum Gasteiger partial charge on any atom is 0.258 e. The lowest BCUT2D eigenvalue weighted by Crippen LogP contribution is -2.38. The lowest BCUT2D eigenvalue weighted by molar-refractivity contribution is -0.110. The number of halogens is 1. The molecule has 0 spiro atoms. The molecule has 194 valence electrons. The molecule has 3 aromatic rings. The zero-order chi connectivity index (χ0) is 26.6. The third-order valence-electron chi connectivity index (χ3n) is 6.01. The van der Waals surface area contributed by atoms with Crippen molar-refractivity contribution in [1.29, 1.82) is 0 Å². The number of likely N-dealkylation sites (N-methyl/N-ethyl adjacent to an activating group) is 1. The highest BCUT2D eigenvalue weighted by Crippen LogP contribution is 2.38. The number of hydrogen-bond acceptors (Lipinski definition) is 5. The van der Waals surface area contributed by atoms with Crippen molar-refractivity contribution in [3.8, 4) is 0 Å². The number of carbonyl (C=O) groups is 1. The third kappa shape index (κ3) is 6.00. The molecule has 0 aliphatic carbocycles. The van der Waals surface area contributed by atoms with E-state index in [1.807, 2.05) is 56.3 Å². The molecular formula is C28H31FN4O3S. The van der Waals surface area contributed by atoms with Crippen LogP contribution in [0.5, 0.6) is 0 Å². The van der Waals surface area contributed by atoms with Gasteiger partial charge in [-0.2, -0.15) is 0 Å². The number of rotatable bonds is 10. The molecule has 0 fully saturated rings. The number of nitrogens with one attached hydrogen (secondary N) is 2. The van der Waals surface area contributed by atoms with Crippen LogP contribution < -0.4 is 14.9 Å². The Morgan fingerprint density at radius 2 is 1.68 bits per heavy atom. The number of fused-ring (bicyclic) bond motifs is 1. The van der Waals surface area contributed by atoms with Gasteiger partial charge in [-0.3, -0.25) is 9.10 Å². The van der Waals surface area contributed by atoms with E-state index in [2.05, 4.69) is 10.6 Å². The van der Waals surface area contributed by atoms with Crippen molar-refractivity contribution < 1.29 is 17.6 Å². The van der Waals surface area contributed by atoms with E-state index in [4.69, 9.17) is 0 Å². The first kappa shape index (κ1) is 26.4. The van der Waals surface area contributed by atoms with Crippen molar-refractivity contribution in [2.75, 3.05) is 47.9 Å². The SMILES string of the molecule is CCCS(=O)(=O)N(CCN(C)C)c1ccc(N/C(=C2\C(=O)Nc3cc(F)ccc32)c2ccccc2)cc1. The molecule has 0 saturated heterocycles. The average molecular weight is 523 g/mol. The largest absolute Gasteiger partial charge is 0.354 e. The zero-order valence-corrected chi connectivity index (χ0v) is 22.0. The van der Waals surface area contributed by atoms with Crippen molar-refractivity contribution in [2.24, 2.45) is 0 Å². The lowest BCUT2D eigenvalue weighted by atomic mass is 10.00. The maximum atomic E-state index is 13.8. The second-order valence-electron chi connectivity index (χ2n) is 9.12. The van der Waals surface area contributed by atoms with Crippen LogP contribution in [0.3, 0.4) is 0 Å². The van der Waals surface area contributed by atoms with Gasteiger partial charge in [0.05, 0.1) is 28.4 Å². The fraction of sp³-hybridized carbons (Fsp3) is 0.250. The van der Waals surface area contributed by atoms with Crippen molar-refractivity contribution in [1.82, 2.24) is 4.90 Å². The molecule has 3 aromatic carbocycles. The molecule has 0 aromatic heterocycles. The number of hydrogen-bond donors (Lipinski definition) is 2. The van der Waals surface area contributed by atoms with Gasteiger partial charge in [-0.25, -0.2) is 12.8 Å². The number of anilines is 3. The van der Waals surface area contributed by atoms with Gasteiger partial charge >= 0.3 is 0 Å². The Hall–Kier alpha value is -3.69. The van der Waals surface area contributed by atoms with E-state index in [-0.39, 0.29) is 11.7 Å². The maximum absolute atomic E-state index is 13.8. The Balaban J connectivity index is 1.72. The average Bonchev–Trinajstić information content (AvgIpc) is 3.18. The summed E-state index contributed by atoms with van der Waals surface area (Å²) < 4.78 is 41.2. The van der Waals surface area contributed by atoms with E-state index in [0.717, 1.165) is 5.56 Å². The summed E-state index contributed by atoms with van der Waals surface area (Å²) in [5.41, 5.74) is 4.04. The minimum absolute atomic E-state index is 0.0692. The van der Waals surface area contributed by atoms with Gasteiger partial charge < -0.3 is 15.5 Å².